The Hall–Kier alpha value is -2.51. The maximum atomic E-state index is 13.2. The quantitative estimate of drug-likeness (QED) is 0.682. The van der Waals surface area contributed by atoms with Crippen LogP contribution in [0.1, 0.15) is 16.1 Å². The Kier molecular flexibility index (Phi) is 3.64. The largest absolute Gasteiger partial charge is 0.433 e. The molecule has 4 nitrogen and oxygen atoms in total. The molecule has 2 rings (SSSR count). The third-order valence-corrected chi connectivity index (χ3v) is 2.32. The van der Waals surface area contributed by atoms with Crippen LogP contribution in [0.15, 0.2) is 36.7 Å². The van der Waals surface area contributed by atoms with E-state index in [0.29, 0.717) is 0 Å². The van der Waals surface area contributed by atoms with Crippen molar-refractivity contribution >= 4 is 11.6 Å². The Morgan fingerprint density at radius 3 is 2.45 bits per heavy atom. The van der Waals surface area contributed by atoms with Gasteiger partial charge in [-0.3, -0.25) is 4.79 Å². The predicted octanol–water partition coefficient (Wildman–Crippen LogP) is 2.89. The lowest BCUT2D eigenvalue weighted by Gasteiger charge is -2.08. The van der Waals surface area contributed by atoms with Crippen molar-refractivity contribution in [1.29, 1.82) is 0 Å². The van der Waals surface area contributed by atoms with Gasteiger partial charge in [0.15, 0.2) is 0 Å². The molecule has 104 valence electrons. The third-order valence-electron chi connectivity index (χ3n) is 2.32. The number of halogens is 4. The van der Waals surface area contributed by atoms with Gasteiger partial charge < -0.3 is 5.32 Å². The Morgan fingerprint density at radius 1 is 1.15 bits per heavy atom. The Morgan fingerprint density at radius 2 is 1.90 bits per heavy atom. The average molecular weight is 285 g/mol. The van der Waals surface area contributed by atoms with E-state index in [0.717, 1.165) is 18.3 Å². The second-order valence-corrected chi connectivity index (χ2v) is 3.73. The molecular formula is C12H7F4N3O. The molecule has 2 aromatic heterocycles. The summed E-state index contributed by atoms with van der Waals surface area (Å²) < 4.78 is 50.1. The highest BCUT2D eigenvalue weighted by molar-refractivity contribution is 6.04. The fourth-order valence-corrected chi connectivity index (χ4v) is 1.39. The molecule has 1 amide bonds. The molecule has 0 aliphatic rings. The molecule has 0 aliphatic carbocycles. The molecule has 0 bridgehead atoms. The van der Waals surface area contributed by atoms with Crippen LogP contribution in [0.25, 0.3) is 0 Å². The fourth-order valence-electron chi connectivity index (χ4n) is 1.39. The van der Waals surface area contributed by atoms with E-state index in [1.54, 1.807) is 0 Å². The number of amides is 1. The number of pyridine rings is 2. The number of hydrogen-bond acceptors (Lipinski definition) is 3. The van der Waals surface area contributed by atoms with Crippen molar-refractivity contribution in [2.45, 2.75) is 6.18 Å². The predicted molar refractivity (Wildman–Crippen MR) is 61.4 cm³/mol. The molecule has 8 heteroatoms. The van der Waals surface area contributed by atoms with Crippen molar-refractivity contribution in [3.8, 4) is 0 Å². The van der Waals surface area contributed by atoms with Crippen LogP contribution < -0.4 is 5.32 Å². The van der Waals surface area contributed by atoms with Crippen LogP contribution in [-0.4, -0.2) is 15.9 Å². The van der Waals surface area contributed by atoms with Gasteiger partial charge >= 0.3 is 6.18 Å². The highest BCUT2D eigenvalue weighted by atomic mass is 19.4. The molecule has 0 atom stereocenters. The second kappa shape index (κ2) is 5.24. The second-order valence-electron chi connectivity index (χ2n) is 3.73. The van der Waals surface area contributed by atoms with Crippen LogP contribution in [0.3, 0.4) is 0 Å². The molecular weight excluding hydrogens is 278 g/mol. The summed E-state index contributed by atoms with van der Waals surface area (Å²) in [6.45, 7) is 0. The Bertz CT molecular complexity index is 625. The lowest BCUT2D eigenvalue weighted by atomic mass is 10.2. The lowest BCUT2D eigenvalue weighted by Crippen LogP contribution is -2.15. The SMILES string of the molecule is O=C(Nc1ccc(C(F)(F)F)nc1)c1cccnc1F. The van der Waals surface area contributed by atoms with E-state index in [9.17, 15) is 22.4 Å². The van der Waals surface area contributed by atoms with Gasteiger partial charge in [-0.25, -0.2) is 9.97 Å². The monoisotopic (exact) mass is 285 g/mol. The van der Waals surface area contributed by atoms with E-state index >= 15 is 0 Å². The van der Waals surface area contributed by atoms with Crippen LogP contribution in [0.4, 0.5) is 23.2 Å². The summed E-state index contributed by atoms with van der Waals surface area (Å²) in [5.41, 5.74) is -1.37. The molecule has 2 aromatic rings. The van der Waals surface area contributed by atoms with E-state index in [2.05, 4.69) is 15.3 Å². The first-order valence-corrected chi connectivity index (χ1v) is 5.33. The maximum absolute atomic E-state index is 13.2. The summed E-state index contributed by atoms with van der Waals surface area (Å²) in [6, 6.07) is 4.31. The summed E-state index contributed by atoms with van der Waals surface area (Å²) in [6.07, 6.45) is -2.54. The van der Waals surface area contributed by atoms with Crippen molar-refractivity contribution in [3.05, 3.63) is 53.9 Å². The van der Waals surface area contributed by atoms with Gasteiger partial charge in [0, 0.05) is 6.20 Å². The van der Waals surface area contributed by atoms with Gasteiger partial charge in [-0.2, -0.15) is 17.6 Å². The highest BCUT2D eigenvalue weighted by Gasteiger charge is 2.32. The van der Waals surface area contributed by atoms with Crippen LogP contribution in [0, 0.1) is 5.95 Å². The first-order valence-electron chi connectivity index (χ1n) is 5.33. The number of anilines is 1. The van der Waals surface area contributed by atoms with Gasteiger partial charge in [-0.05, 0) is 24.3 Å². The zero-order valence-electron chi connectivity index (χ0n) is 9.78. The number of alkyl halides is 3. The number of carbonyl (C=O) groups excluding carboxylic acids is 1. The minimum Gasteiger partial charge on any atom is -0.320 e. The van der Waals surface area contributed by atoms with Gasteiger partial charge in [-0.1, -0.05) is 0 Å². The van der Waals surface area contributed by atoms with Gasteiger partial charge in [-0.15, -0.1) is 0 Å². The first kappa shape index (κ1) is 13.9. The zero-order chi connectivity index (χ0) is 14.8. The van der Waals surface area contributed by atoms with Crippen LogP contribution >= 0.6 is 0 Å². The maximum Gasteiger partial charge on any atom is 0.433 e. The van der Waals surface area contributed by atoms with E-state index < -0.39 is 23.7 Å². The zero-order valence-corrected chi connectivity index (χ0v) is 9.78. The molecule has 0 fully saturated rings. The summed E-state index contributed by atoms with van der Waals surface area (Å²) in [4.78, 5) is 18.1. The van der Waals surface area contributed by atoms with Crippen molar-refractivity contribution < 1.29 is 22.4 Å². The molecule has 0 unspecified atom stereocenters. The smallest absolute Gasteiger partial charge is 0.320 e. The van der Waals surface area contributed by atoms with Gasteiger partial charge in [0.05, 0.1) is 17.4 Å². The molecule has 0 saturated heterocycles. The van der Waals surface area contributed by atoms with Crippen molar-refractivity contribution in [2.75, 3.05) is 5.32 Å². The number of aromatic nitrogens is 2. The first-order chi connectivity index (χ1) is 9.38. The van der Waals surface area contributed by atoms with Gasteiger partial charge in [0.2, 0.25) is 5.95 Å². The van der Waals surface area contributed by atoms with E-state index in [-0.39, 0.29) is 11.3 Å². The van der Waals surface area contributed by atoms with E-state index in [1.807, 2.05) is 0 Å². The molecule has 1 N–H and O–H groups in total. The number of hydrogen-bond donors (Lipinski definition) is 1. The topological polar surface area (TPSA) is 54.9 Å². The molecule has 0 aliphatic heterocycles. The Labute approximate surface area is 110 Å². The molecule has 0 saturated carbocycles. The molecule has 0 spiro atoms. The number of nitrogens with one attached hydrogen (secondary N) is 1. The summed E-state index contributed by atoms with van der Waals surface area (Å²) in [5.74, 6) is -1.79. The molecule has 20 heavy (non-hydrogen) atoms. The minimum absolute atomic E-state index is 0.0197. The minimum atomic E-state index is -4.56. The van der Waals surface area contributed by atoms with E-state index in [1.165, 1.54) is 18.3 Å². The standard InChI is InChI=1S/C12H7F4N3O/c13-10-8(2-1-5-17-10)11(20)19-7-3-4-9(18-6-7)12(14,15)16/h1-6H,(H,19,20). The number of carbonyl (C=O) groups is 1. The lowest BCUT2D eigenvalue weighted by molar-refractivity contribution is -0.141. The molecule has 0 aromatic carbocycles. The summed E-state index contributed by atoms with van der Waals surface area (Å²) >= 11 is 0. The summed E-state index contributed by atoms with van der Waals surface area (Å²) in [7, 11) is 0. The van der Waals surface area contributed by atoms with Crippen molar-refractivity contribution in [3.63, 3.8) is 0 Å². The summed E-state index contributed by atoms with van der Waals surface area (Å²) in [5, 5.41) is 2.23. The normalized spacial score (nSPS) is 11.2. The molecule has 0 radical (unpaired) electrons. The van der Waals surface area contributed by atoms with E-state index in [4.69, 9.17) is 0 Å². The van der Waals surface area contributed by atoms with Crippen LogP contribution in [-0.2, 0) is 6.18 Å². The number of nitrogens with zero attached hydrogens (tertiary/aromatic N) is 2. The fraction of sp³-hybridized carbons (Fsp3) is 0.0833. The van der Waals surface area contributed by atoms with Crippen LogP contribution in [0.5, 0.6) is 0 Å². The van der Waals surface area contributed by atoms with Crippen molar-refractivity contribution in [2.24, 2.45) is 0 Å². The number of rotatable bonds is 2. The van der Waals surface area contributed by atoms with Crippen molar-refractivity contribution in [1.82, 2.24) is 9.97 Å². The van der Waals surface area contributed by atoms with Gasteiger partial charge in [0.25, 0.3) is 5.91 Å². The average Bonchev–Trinajstić information content (AvgIpc) is 2.38. The molecule has 2 heterocycles. The third kappa shape index (κ3) is 3.08. The van der Waals surface area contributed by atoms with Crippen LogP contribution in [0.2, 0.25) is 0 Å². The Balaban J connectivity index is 2.15. The van der Waals surface area contributed by atoms with Gasteiger partial charge in [0.1, 0.15) is 5.69 Å². The highest BCUT2D eigenvalue weighted by Crippen LogP contribution is 2.27.